The molecule has 1 atom stereocenters. The zero-order chi connectivity index (χ0) is 18.1. The smallest absolute Gasteiger partial charge is 0.261 e. The molecule has 0 spiro atoms. The maximum Gasteiger partial charge on any atom is 0.261 e. The molecule has 1 amide bonds. The van der Waals surface area contributed by atoms with Crippen LogP contribution in [0.2, 0.25) is 0 Å². The predicted molar refractivity (Wildman–Crippen MR) is 108 cm³/mol. The third kappa shape index (κ3) is 3.38. The average molecular weight is 385 g/mol. The summed E-state index contributed by atoms with van der Waals surface area (Å²) in [5.41, 5.74) is 2.28. The molecule has 0 unspecified atom stereocenters. The van der Waals surface area contributed by atoms with Gasteiger partial charge in [0, 0.05) is 24.2 Å². The van der Waals surface area contributed by atoms with Crippen molar-refractivity contribution in [2.24, 2.45) is 0 Å². The summed E-state index contributed by atoms with van der Waals surface area (Å²) in [5.74, 6) is -0.0307. The number of nitrogens with zero attached hydrogens (tertiary/aromatic N) is 3. The minimum Gasteiger partial charge on any atom is -0.350 e. The standard InChI is InChI=1S/C19H20N4OS2/c1-22(2)14(10-13-6-4-3-5-7-13)12-20-17(24)16-11-15-18(26-16)21-19-23(15)8-9-25-19/h3-9,11,14H,10,12H2,1-2H3,(H,20,24)/t14-/m1/s1. The first-order valence-electron chi connectivity index (χ1n) is 8.45. The number of carbonyl (C=O) groups excluding carboxylic acids is 1. The fraction of sp³-hybridized carbons (Fsp3) is 0.263. The Kier molecular flexibility index (Phi) is 4.76. The fourth-order valence-electron chi connectivity index (χ4n) is 2.98. The molecule has 0 fully saturated rings. The molecule has 0 bridgehead atoms. The van der Waals surface area contributed by atoms with Crippen LogP contribution in [0.3, 0.4) is 0 Å². The van der Waals surface area contributed by atoms with Gasteiger partial charge in [0.25, 0.3) is 5.91 Å². The highest BCUT2D eigenvalue weighted by molar-refractivity contribution is 7.21. The lowest BCUT2D eigenvalue weighted by Crippen LogP contribution is -2.41. The minimum atomic E-state index is -0.0307. The maximum absolute atomic E-state index is 12.6. The van der Waals surface area contributed by atoms with Crippen molar-refractivity contribution in [1.29, 1.82) is 0 Å². The van der Waals surface area contributed by atoms with Gasteiger partial charge in [-0.15, -0.1) is 22.7 Å². The highest BCUT2D eigenvalue weighted by atomic mass is 32.1. The number of hydrogen-bond donors (Lipinski definition) is 1. The fourth-order valence-corrected chi connectivity index (χ4v) is 4.70. The SMILES string of the molecule is CN(C)[C@@H](CNC(=O)c1cc2c(nc3sccn32)s1)Cc1ccccc1. The van der Waals surface area contributed by atoms with Gasteiger partial charge < -0.3 is 10.2 Å². The maximum atomic E-state index is 12.6. The van der Waals surface area contributed by atoms with Crippen molar-refractivity contribution in [3.05, 3.63) is 58.4 Å². The summed E-state index contributed by atoms with van der Waals surface area (Å²) in [4.78, 5) is 21.9. The molecule has 0 radical (unpaired) electrons. The molecule has 26 heavy (non-hydrogen) atoms. The Balaban J connectivity index is 1.45. The molecule has 5 nitrogen and oxygen atoms in total. The van der Waals surface area contributed by atoms with E-state index >= 15 is 0 Å². The van der Waals surface area contributed by atoms with Gasteiger partial charge in [0.2, 0.25) is 0 Å². The molecule has 0 aliphatic carbocycles. The van der Waals surface area contributed by atoms with E-state index in [1.54, 1.807) is 11.3 Å². The Morgan fingerprint density at radius 3 is 2.88 bits per heavy atom. The summed E-state index contributed by atoms with van der Waals surface area (Å²) in [5, 5.41) is 5.09. The van der Waals surface area contributed by atoms with E-state index in [-0.39, 0.29) is 11.9 Å². The molecule has 3 heterocycles. The number of thiazole rings is 1. The van der Waals surface area contributed by atoms with Crippen molar-refractivity contribution in [2.75, 3.05) is 20.6 Å². The molecule has 0 aliphatic heterocycles. The molecule has 1 aromatic carbocycles. The molecule has 1 N–H and O–H groups in total. The zero-order valence-corrected chi connectivity index (χ0v) is 16.3. The van der Waals surface area contributed by atoms with Crippen LogP contribution in [-0.2, 0) is 6.42 Å². The second kappa shape index (κ2) is 7.19. The number of nitrogens with one attached hydrogen (secondary N) is 1. The largest absolute Gasteiger partial charge is 0.350 e. The molecule has 4 rings (SSSR count). The van der Waals surface area contributed by atoms with Crippen molar-refractivity contribution in [2.45, 2.75) is 12.5 Å². The molecule has 0 saturated carbocycles. The normalized spacial score (nSPS) is 12.9. The first kappa shape index (κ1) is 17.2. The first-order chi connectivity index (χ1) is 12.6. The van der Waals surface area contributed by atoms with Crippen molar-refractivity contribution < 1.29 is 4.79 Å². The Morgan fingerprint density at radius 2 is 2.12 bits per heavy atom. The van der Waals surface area contributed by atoms with Crippen LogP contribution in [0.15, 0.2) is 48.0 Å². The lowest BCUT2D eigenvalue weighted by atomic mass is 10.1. The van der Waals surface area contributed by atoms with E-state index in [9.17, 15) is 4.79 Å². The summed E-state index contributed by atoms with van der Waals surface area (Å²) < 4.78 is 2.03. The number of imidazole rings is 1. The van der Waals surface area contributed by atoms with E-state index in [1.165, 1.54) is 16.9 Å². The highest BCUT2D eigenvalue weighted by Crippen LogP contribution is 2.28. The summed E-state index contributed by atoms with van der Waals surface area (Å²) in [6, 6.07) is 12.5. The number of amides is 1. The van der Waals surface area contributed by atoms with Crippen LogP contribution < -0.4 is 5.32 Å². The predicted octanol–water partition coefficient (Wildman–Crippen LogP) is 3.51. The molecule has 3 aromatic heterocycles. The van der Waals surface area contributed by atoms with E-state index in [0.29, 0.717) is 11.4 Å². The van der Waals surface area contributed by atoms with Gasteiger partial charge in [-0.3, -0.25) is 9.20 Å². The van der Waals surface area contributed by atoms with Crippen LogP contribution in [0.4, 0.5) is 0 Å². The van der Waals surface area contributed by atoms with Gasteiger partial charge in [0.1, 0.15) is 4.83 Å². The molecule has 0 aliphatic rings. The summed E-state index contributed by atoms with van der Waals surface area (Å²) in [7, 11) is 4.10. The number of fused-ring (bicyclic) bond motifs is 3. The van der Waals surface area contributed by atoms with Gasteiger partial charge in [-0.1, -0.05) is 30.3 Å². The summed E-state index contributed by atoms with van der Waals surface area (Å²) in [6.07, 6.45) is 2.89. The molecule has 7 heteroatoms. The van der Waals surface area contributed by atoms with E-state index in [4.69, 9.17) is 0 Å². The number of aromatic nitrogens is 2. The lowest BCUT2D eigenvalue weighted by molar-refractivity contribution is 0.0946. The molecular weight excluding hydrogens is 364 g/mol. The van der Waals surface area contributed by atoms with Crippen molar-refractivity contribution in [1.82, 2.24) is 19.6 Å². The number of carbonyl (C=O) groups is 1. The number of benzene rings is 1. The lowest BCUT2D eigenvalue weighted by Gasteiger charge is -2.24. The molecular formula is C19H20N4OS2. The number of rotatable bonds is 6. The monoisotopic (exact) mass is 384 g/mol. The van der Waals surface area contributed by atoms with E-state index in [2.05, 4.69) is 27.3 Å². The van der Waals surface area contributed by atoms with Crippen LogP contribution in [0.1, 0.15) is 15.2 Å². The molecule has 0 saturated heterocycles. The van der Waals surface area contributed by atoms with Gasteiger partial charge in [0.15, 0.2) is 4.96 Å². The van der Waals surface area contributed by atoms with Crippen LogP contribution in [0.25, 0.3) is 15.3 Å². The summed E-state index contributed by atoms with van der Waals surface area (Å²) >= 11 is 3.05. The third-order valence-corrected chi connectivity index (χ3v) is 6.28. The van der Waals surface area contributed by atoms with Crippen molar-refractivity contribution in [3.8, 4) is 0 Å². The Morgan fingerprint density at radius 1 is 1.31 bits per heavy atom. The van der Waals surface area contributed by atoms with E-state index in [1.807, 2.05) is 54.3 Å². The van der Waals surface area contributed by atoms with Gasteiger partial charge in [-0.25, -0.2) is 4.98 Å². The molecule has 4 aromatic rings. The second-order valence-electron chi connectivity index (χ2n) is 6.49. The minimum absolute atomic E-state index is 0.0307. The Labute approximate surface area is 159 Å². The van der Waals surface area contributed by atoms with E-state index < -0.39 is 0 Å². The third-order valence-electron chi connectivity index (χ3n) is 4.51. The molecule has 134 valence electrons. The summed E-state index contributed by atoms with van der Waals surface area (Å²) in [6.45, 7) is 0.608. The zero-order valence-electron chi connectivity index (χ0n) is 14.7. The van der Waals surface area contributed by atoms with Gasteiger partial charge in [-0.05, 0) is 32.1 Å². The van der Waals surface area contributed by atoms with Crippen molar-refractivity contribution >= 4 is 43.9 Å². The number of likely N-dealkylation sites (N-methyl/N-ethyl adjacent to an activating group) is 1. The number of thiophene rings is 1. The highest BCUT2D eigenvalue weighted by Gasteiger charge is 2.18. The van der Waals surface area contributed by atoms with Gasteiger partial charge >= 0.3 is 0 Å². The topological polar surface area (TPSA) is 49.6 Å². The van der Waals surface area contributed by atoms with Gasteiger partial charge in [0.05, 0.1) is 10.4 Å². The van der Waals surface area contributed by atoms with Gasteiger partial charge in [-0.2, -0.15) is 0 Å². The van der Waals surface area contributed by atoms with Crippen LogP contribution in [0, 0.1) is 0 Å². The van der Waals surface area contributed by atoms with Crippen LogP contribution >= 0.6 is 22.7 Å². The Hall–Kier alpha value is -2.22. The van der Waals surface area contributed by atoms with E-state index in [0.717, 1.165) is 21.7 Å². The van der Waals surface area contributed by atoms with Crippen LogP contribution in [0.5, 0.6) is 0 Å². The Bertz CT molecular complexity index is 1030. The average Bonchev–Trinajstić information content (AvgIpc) is 3.31. The second-order valence-corrected chi connectivity index (χ2v) is 8.39. The van der Waals surface area contributed by atoms with Crippen LogP contribution in [-0.4, -0.2) is 46.9 Å². The first-order valence-corrected chi connectivity index (χ1v) is 10.1. The quantitative estimate of drug-likeness (QED) is 0.553. The number of hydrogen-bond acceptors (Lipinski definition) is 5. The van der Waals surface area contributed by atoms with Crippen molar-refractivity contribution in [3.63, 3.8) is 0 Å².